The van der Waals surface area contributed by atoms with E-state index in [-0.39, 0.29) is 17.2 Å². The monoisotopic (exact) mass is 324 g/mol. The van der Waals surface area contributed by atoms with Crippen molar-refractivity contribution < 1.29 is 9.59 Å². The Labute approximate surface area is 143 Å². The lowest BCUT2D eigenvalue weighted by molar-refractivity contribution is 0.0846. The molecule has 0 aliphatic carbocycles. The predicted molar refractivity (Wildman–Crippen MR) is 96.0 cm³/mol. The van der Waals surface area contributed by atoms with Crippen molar-refractivity contribution in [3.63, 3.8) is 0 Å². The lowest BCUT2D eigenvalue weighted by atomic mass is 9.87. The highest BCUT2D eigenvalue weighted by atomic mass is 16.2. The summed E-state index contributed by atoms with van der Waals surface area (Å²) in [5.74, 6) is -0.662. The summed E-state index contributed by atoms with van der Waals surface area (Å²) in [6.45, 7) is 10.1. The van der Waals surface area contributed by atoms with E-state index >= 15 is 0 Å². The van der Waals surface area contributed by atoms with Crippen LogP contribution < -0.4 is 10.9 Å². The number of carbonyl (C=O) groups is 2. The summed E-state index contributed by atoms with van der Waals surface area (Å²) in [4.78, 5) is 24.4. The molecule has 0 aromatic heterocycles. The summed E-state index contributed by atoms with van der Waals surface area (Å²) < 4.78 is 0. The van der Waals surface area contributed by atoms with Gasteiger partial charge in [-0.05, 0) is 48.6 Å². The summed E-state index contributed by atoms with van der Waals surface area (Å²) in [5, 5.41) is 0. The lowest BCUT2D eigenvalue weighted by Crippen LogP contribution is -2.41. The summed E-state index contributed by atoms with van der Waals surface area (Å²) in [6.07, 6.45) is 0. The Morgan fingerprint density at radius 3 is 2.00 bits per heavy atom. The fourth-order valence-electron chi connectivity index (χ4n) is 2.36. The van der Waals surface area contributed by atoms with Crippen LogP contribution >= 0.6 is 0 Å². The third kappa shape index (κ3) is 4.22. The van der Waals surface area contributed by atoms with E-state index in [4.69, 9.17) is 0 Å². The zero-order chi connectivity index (χ0) is 17.9. The van der Waals surface area contributed by atoms with E-state index < -0.39 is 0 Å². The van der Waals surface area contributed by atoms with Crippen LogP contribution in [0, 0.1) is 13.8 Å². The van der Waals surface area contributed by atoms with Gasteiger partial charge in [0.15, 0.2) is 0 Å². The Bertz CT molecular complexity index is 756. The van der Waals surface area contributed by atoms with Crippen molar-refractivity contribution in [2.24, 2.45) is 0 Å². The molecule has 2 rings (SSSR count). The molecule has 0 radical (unpaired) electrons. The van der Waals surface area contributed by atoms with Crippen LogP contribution in [-0.2, 0) is 5.41 Å². The number of aryl methyl sites for hydroxylation is 2. The first kappa shape index (κ1) is 17.7. The first-order valence-electron chi connectivity index (χ1n) is 7.97. The van der Waals surface area contributed by atoms with Crippen molar-refractivity contribution in [3.8, 4) is 0 Å². The average molecular weight is 324 g/mol. The van der Waals surface area contributed by atoms with Gasteiger partial charge in [0.25, 0.3) is 11.8 Å². The van der Waals surface area contributed by atoms with Crippen LogP contribution in [0.2, 0.25) is 0 Å². The summed E-state index contributed by atoms with van der Waals surface area (Å²) in [6, 6.07) is 13.0. The lowest BCUT2D eigenvalue weighted by Gasteiger charge is -2.19. The van der Waals surface area contributed by atoms with E-state index in [1.165, 1.54) is 0 Å². The minimum atomic E-state index is -0.339. The van der Waals surface area contributed by atoms with Crippen molar-refractivity contribution in [1.82, 2.24) is 10.9 Å². The highest BCUT2D eigenvalue weighted by Gasteiger charge is 2.15. The van der Waals surface area contributed by atoms with Crippen molar-refractivity contribution in [3.05, 3.63) is 70.3 Å². The fraction of sp³-hybridized carbons (Fsp3) is 0.300. The third-order valence-corrected chi connectivity index (χ3v) is 3.94. The fourth-order valence-corrected chi connectivity index (χ4v) is 2.36. The number of hydrogen-bond donors (Lipinski definition) is 2. The molecule has 0 atom stereocenters. The Kier molecular flexibility index (Phi) is 5.07. The SMILES string of the molecule is Cc1ccc(C)c(C(=O)NNC(=O)c2ccc(C(C)(C)C)cc2)c1. The van der Waals surface area contributed by atoms with Crippen LogP contribution in [0.25, 0.3) is 0 Å². The topological polar surface area (TPSA) is 58.2 Å². The van der Waals surface area contributed by atoms with Crippen LogP contribution in [0.15, 0.2) is 42.5 Å². The van der Waals surface area contributed by atoms with Gasteiger partial charge in [-0.15, -0.1) is 0 Å². The molecule has 0 aliphatic rings. The Morgan fingerprint density at radius 2 is 1.42 bits per heavy atom. The maximum absolute atomic E-state index is 12.2. The quantitative estimate of drug-likeness (QED) is 0.828. The standard InChI is InChI=1S/C20H24N2O2/c1-13-6-7-14(2)17(12-13)19(24)22-21-18(23)15-8-10-16(11-9-15)20(3,4)5/h6-12H,1-5H3,(H,21,23)(H,22,24). The van der Waals surface area contributed by atoms with E-state index in [1.807, 2.05) is 38.1 Å². The number of benzene rings is 2. The van der Waals surface area contributed by atoms with Crippen LogP contribution in [-0.4, -0.2) is 11.8 Å². The molecule has 0 spiro atoms. The van der Waals surface area contributed by atoms with E-state index in [9.17, 15) is 9.59 Å². The molecule has 2 N–H and O–H groups in total. The minimum Gasteiger partial charge on any atom is -0.267 e. The van der Waals surface area contributed by atoms with Gasteiger partial charge in [-0.25, -0.2) is 0 Å². The third-order valence-electron chi connectivity index (χ3n) is 3.94. The van der Waals surface area contributed by atoms with Gasteiger partial charge < -0.3 is 0 Å². The molecule has 2 aromatic rings. The molecular weight excluding hydrogens is 300 g/mol. The Hall–Kier alpha value is -2.62. The van der Waals surface area contributed by atoms with Gasteiger partial charge >= 0.3 is 0 Å². The highest BCUT2D eigenvalue weighted by molar-refractivity contribution is 5.99. The maximum atomic E-state index is 12.2. The molecule has 0 saturated heterocycles. The number of amides is 2. The molecule has 0 heterocycles. The highest BCUT2D eigenvalue weighted by Crippen LogP contribution is 2.22. The van der Waals surface area contributed by atoms with Crippen LogP contribution in [0.1, 0.15) is 58.2 Å². The Balaban J connectivity index is 2.02. The summed E-state index contributed by atoms with van der Waals surface area (Å²) in [7, 11) is 0. The number of hydrazine groups is 1. The van der Waals surface area contributed by atoms with Crippen LogP contribution in [0.5, 0.6) is 0 Å². The second-order valence-corrected chi connectivity index (χ2v) is 7.05. The molecule has 4 heteroatoms. The van der Waals surface area contributed by atoms with Crippen molar-refractivity contribution in [1.29, 1.82) is 0 Å². The van der Waals surface area contributed by atoms with Gasteiger partial charge in [-0.3, -0.25) is 20.4 Å². The molecule has 0 bridgehead atoms. The van der Waals surface area contributed by atoms with E-state index in [0.29, 0.717) is 11.1 Å². The number of hydrogen-bond acceptors (Lipinski definition) is 2. The average Bonchev–Trinajstić information content (AvgIpc) is 2.53. The van der Waals surface area contributed by atoms with Gasteiger partial charge in [0.2, 0.25) is 0 Å². The van der Waals surface area contributed by atoms with Crippen LogP contribution in [0.4, 0.5) is 0 Å². The van der Waals surface area contributed by atoms with E-state index in [0.717, 1.165) is 16.7 Å². The molecular formula is C20H24N2O2. The van der Waals surface area contributed by atoms with Gasteiger partial charge in [0.1, 0.15) is 0 Å². The first-order chi connectivity index (χ1) is 11.2. The Morgan fingerprint density at radius 1 is 0.833 bits per heavy atom. The molecule has 0 fully saturated rings. The van der Waals surface area contributed by atoms with Gasteiger partial charge in [0, 0.05) is 11.1 Å². The molecule has 0 aliphatic heterocycles. The molecule has 0 saturated carbocycles. The molecule has 24 heavy (non-hydrogen) atoms. The zero-order valence-corrected chi connectivity index (χ0v) is 14.9. The molecule has 2 aromatic carbocycles. The number of carbonyl (C=O) groups excluding carboxylic acids is 2. The second-order valence-electron chi connectivity index (χ2n) is 7.05. The van der Waals surface area contributed by atoms with E-state index in [2.05, 4.69) is 31.6 Å². The molecule has 2 amide bonds. The molecule has 4 nitrogen and oxygen atoms in total. The molecule has 0 unspecified atom stereocenters. The normalized spacial score (nSPS) is 11.0. The summed E-state index contributed by atoms with van der Waals surface area (Å²) in [5.41, 5.74) is 9.04. The smallest absolute Gasteiger partial charge is 0.267 e. The second kappa shape index (κ2) is 6.87. The first-order valence-corrected chi connectivity index (χ1v) is 7.97. The van der Waals surface area contributed by atoms with Crippen LogP contribution in [0.3, 0.4) is 0 Å². The van der Waals surface area contributed by atoms with Gasteiger partial charge in [-0.2, -0.15) is 0 Å². The maximum Gasteiger partial charge on any atom is 0.269 e. The van der Waals surface area contributed by atoms with Gasteiger partial charge in [-0.1, -0.05) is 50.6 Å². The predicted octanol–water partition coefficient (Wildman–Crippen LogP) is 3.68. The summed E-state index contributed by atoms with van der Waals surface area (Å²) >= 11 is 0. The number of nitrogens with one attached hydrogen (secondary N) is 2. The van der Waals surface area contributed by atoms with Gasteiger partial charge in [0.05, 0.1) is 0 Å². The zero-order valence-electron chi connectivity index (χ0n) is 14.9. The van der Waals surface area contributed by atoms with Crippen molar-refractivity contribution in [2.45, 2.75) is 40.0 Å². The number of rotatable bonds is 2. The minimum absolute atomic E-state index is 0.0336. The largest absolute Gasteiger partial charge is 0.269 e. The van der Waals surface area contributed by atoms with E-state index in [1.54, 1.807) is 18.2 Å². The van der Waals surface area contributed by atoms with Crippen molar-refractivity contribution >= 4 is 11.8 Å². The molecule has 126 valence electrons. The van der Waals surface area contributed by atoms with Crippen molar-refractivity contribution in [2.75, 3.05) is 0 Å².